The molecular weight excluding hydrogens is 288 g/mol. The number of nitrogens with zero attached hydrogens (tertiary/aromatic N) is 1. The number of benzene rings is 1. The van der Waals surface area contributed by atoms with Gasteiger partial charge in [0.25, 0.3) is 0 Å². The molecule has 0 spiro atoms. The molecule has 2 atom stereocenters. The molecule has 2 unspecified atom stereocenters. The standard InChI is InChI=1S/C16H19ClN2O2/c17-14-6-2-1-5-11(14)10-18-15(20)12-9-13(12)16(21)19-7-3-4-8-19/h1-2,5-6,12-13H,3-4,7-10H2,(H,18,20). The monoisotopic (exact) mass is 306 g/mol. The first-order valence-electron chi connectivity index (χ1n) is 7.46. The van der Waals surface area contributed by atoms with Gasteiger partial charge in [-0.3, -0.25) is 9.59 Å². The average molecular weight is 307 g/mol. The highest BCUT2D eigenvalue weighted by molar-refractivity contribution is 6.31. The summed E-state index contributed by atoms with van der Waals surface area (Å²) in [4.78, 5) is 26.2. The highest BCUT2D eigenvalue weighted by atomic mass is 35.5. The predicted molar refractivity (Wildman–Crippen MR) is 80.7 cm³/mol. The third-order valence-electron chi connectivity index (χ3n) is 4.27. The molecule has 1 aromatic carbocycles. The van der Waals surface area contributed by atoms with Crippen molar-refractivity contribution in [1.29, 1.82) is 0 Å². The summed E-state index contributed by atoms with van der Waals surface area (Å²) in [7, 11) is 0. The van der Waals surface area contributed by atoms with Crippen molar-refractivity contribution in [2.45, 2.75) is 25.8 Å². The number of halogens is 1. The van der Waals surface area contributed by atoms with Crippen LogP contribution in [0.15, 0.2) is 24.3 Å². The van der Waals surface area contributed by atoms with Crippen LogP contribution in [0.25, 0.3) is 0 Å². The van der Waals surface area contributed by atoms with E-state index >= 15 is 0 Å². The van der Waals surface area contributed by atoms with Crippen molar-refractivity contribution in [3.8, 4) is 0 Å². The minimum absolute atomic E-state index is 0.0348. The lowest BCUT2D eigenvalue weighted by molar-refractivity contribution is -0.133. The zero-order valence-electron chi connectivity index (χ0n) is 11.8. The Hall–Kier alpha value is -1.55. The molecule has 1 aliphatic carbocycles. The van der Waals surface area contributed by atoms with Gasteiger partial charge >= 0.3 is 0 Å². The molecule has 0 bridgehead atoms. The van der Waals surface area contributed by atoms with Crippen molar-refractivity contribution >= 4 is 23.4 Å². The number of carbonyl (C=O) groups excluding carboxylic acids is 2. The summed E-state index contributed by atoms with van der Waals surface area (Å²) >= 11 is 6.06. The van der Waals surface area contributed by atoms with Gasteiger partial charge in [-0.05, 0) is 30.9 Å². The Labute approximate surface area is 129 Å². The van der Waals surface area contributed by atoms with Crippen LogP contribution in [-0.2, 0) is 16.1 Å². The van der Waals surface area contributed by atoms with E-state index in [1.807, 2.05) is 23.1 Å². The fourth-order valence-electron chi connectivity index (χ4n) is 2.88. The molecule has 1 heterocycles. The highest BCUT2D eigenvalue weighted by Crippen LogP contribution is 2.40. The smallest absolute Gasteiger partial charge is 0.226 e. The molecule has 5 heteroatoms. The molecule has 112 valence electrons. The van der Waals surface area contributed by atoms with Crippen LogP contribution in [0.2, 0.25) is 5.02 Å². The van der Waals surface area contributed by atoms with Gasteiger partial charge in [0.15, 0.2) is 0 Å². The van der Waals surface area contributed by atoms with E-state index in [9.17, 15) is 9.59 Å². The van der Waals surface area contributed by atoms with Gasteiger partial charge in [-0.2, -0.15) is 0 Å². The lowest BCUT2D eigenvalue weighted by atomic mass is 10.2. The summed E-state index contributed by atoms with van der Waals surface area (Å²) in [5, 5.41) is 3.53. The van der Waals surface area contributed by atoms with Crippen LogP contribution in [0.3, 0.4) is 0 Å². The van der Waals surface area contributed by atoms with Crippen molar-refractivity contribution in [2.75, 3.05) is 13.1 Å². The van der Waals surface area contributed by atoms with Gasteiger partial charge in [0.05, 0.1) is 11.8 Å². The fourth-order valence-corrected chi connectivity index (χ4v) is 3.09. The number of carbonyl (C=O) groups is 2. The van der Waals surface area contributed by atoms with Crippen molar-refractivity contribution < 1.29 is 9.59 Å². The zero-order valence-corrected chi connectivity index (χ0v) is 12.6. The first-order chi connectivity index (χ1) is 10.2. The first-order valence-corrected chi connectivity index (χ1v) is 7.84. The summed E-state index contributed by atoms with van der Waals surface area (Å²) in [5.41, 5.74) is 0.899. The van der Waals surface area contributed by atoms with Gasteiger partial charge in [0.2, 0.25) is 11.8 Å². The molecule has 2 aliphatic rings. The largest absolute Gasteiger partial charge is 0.352 e. The summed E-state index contributed by atoms with van der Waals surface area (Å²) < 4.78 is 0. The van der Waals surface area contributed by atoms with Crippen LogP contribution in [0.1, 0.15) is 24.8 Å². The van der Waals surface area contributed by atoms with Crippen molar-refractivity contribution in [2.24, 2.45) is 11.8 Å². The molecule has 4 nitrogen and oxygen atoms in total. The molecule has 1 aromatic rings. The minimum atomic E-state index is -0.152. The van der Waals surface area contributed by atoms with E-state index in [-0.39, 0.29) is 23.7 Å². The average Bonchev–Trinajstić information content (AvgIpc) is 3.10. The Kier molecular flexibility index (Phi) is 4.15. The maximum atomic E-state index is 12.2. The number of rotatable bonds is 4. The lowest BCUT2D eigenvalue weighted by Gasteiger charge is -2.14. The number of hydrogen-bond donors (Lipinski definition) is 1. The second kappa shape index (κ2) is 6.06. The Bertz CT molecular complexity index is 555. The lowest BCUT2D eigenvalue weighted by Crippen LogP contribution is -2.32. The van der Waals surface area contributed by atoms with Gasteiger partial charge < -0.3 is 10.2 Å². The zero-order chi connectivity index (χ0) is 14.8. The number of nitrogens with one attached hydrogen (secondary N) is 1. The number of amides is 2. The third kappa shape index (κ3) is 3.21. The van der Waals surface area contributed by atoms with E-state index in [1.165, 1.54) is 0 Å². The van der Waals surface area contributed by atoms with E-state index in [0.29, 0.717) is 18.0 Å². The third-order valence-corrected chi connectivity index (χ3v) is 4.64. The first kappa shape index (κ1) is 14.4. The van der Waals surface area contributed by atoms with E-state index in [0.717, 1.165) is 31.5 Å². The molecule has 2 fully saturated rings. The Morgan fingerprint density at radius 3 is 2.62 bits per heavy atom. The molecule has 21 heavy (non-hydrogen) atoms. The Morgan fingerprint density at radius 1 is 1.19 bits per heavy atom. The topological polar surface area (TPSA) is 49.4 Å². The molecule has 1 aliphatic heterocycles. The van der Waals surface area contributed by atoms with Crippen molar-refractivity contribution in [3.63, 3.8) is 0 Å². The van der Waals surface area contributed by atoms with Gasteiger partial charge in [-0.1, -0.05) is 29.8 Å². The van der Waals surface area contributed by atoms with Crippen LogP contribution in [-0.4, -0.2) is 29.8 Å². The van der Waals surface area contributed by atoms with E-state index in [2.05, 4.69) is 5.32 Å². The predicted octanol–water partition coefficient (Wildman–Crippen LogP) is 2.21. The Balaban J connectivity index is 1.49. The molecule has 1 saturated heterocycles. The normalized spacial score (nSPS) is 24.0. The molecule has 2 amide bonds. The quantitative estimate of drug-likeness (QED) is 0.927. The number of likely N-dealkylation sites (tertiary alicyclic amines) is 1. The van der Waals surface area contributed by atoms with Gasteiger partial charge in [0, 0.05) is 24.7 Å². The number of hydrogen-bond acceptors (Lipinski definition) is 2. The van der Waals surface area contributed by atoms with Crippen LogP contribution < -0.4 is 5.32 Å². The van der Waals surface area contributed by atoms with Crippen LogP contribution >= 0.6 is 11.6 Å². The summed E-state index contributed by atoms with van der Waals surface area (Å²) in [6.45, 7) is 2.12. The van der Waals surface area contributed by atoms with Gasteiger partial charge in [0.1, 0.15) is 0 Å². The van der Waals surface area contributed by atoms with E-state index in [1.54, 1.807) is 6.07 Å². The minimum Gasteiger partial charge on any atom is -0.352 e. The Morgan fingerprint density at radius 2 is 1.90 bits per heavy atom. The van der Waals surface area contributed by atoms with Crippen LogP contribution in [0.4, 0.5) is 0 Å². The summed E-state index contributed by atoms with van der Waals surface area (Å²) in [5.74, 6) is -0.132. The SMILES string of the molecule is O=C(NCc1ccccc1Cl)C1CC1C(=O)N1CCCC1. The van der Waals surface area contributed by atoms with E-state index in [4.69, 9.17) is 11.6 Å². The molecular formula is C16H19ClN2O2. The van der Waals surface area contributed by atoms with Crippen LogP contribution in [0, 0.1) is 11.8 Å². The maximum Gasteiger partial charge on any atom is 0.226 e. The molecule has 1 saturated carbocycles. The highest BCUT2D eigenvalue weighted by Gasteiger charge is 2.49. The van der Waals surface area contributed by atoms with Crippen LogP contribution in [0.5, 0.6) is 0 Å². The molecule has 0 radical (unpaired) electrons. The van der Waals surface area contributed by atoms with Crippen molar-refractivity contribution in [3.05, 3.63) is 34.9 Å². The molecule has 1 N–H and O–H groups in total. The fraction of sp³-hybridized carbons (Fsp3) is 0.500. The van der Waals surface area contributed by atoms with Crippen molar-refractivity contribution in [1.82, 2.24) is 10.2 Å². The summed E-state index contributed by atoms with van der Waals surface area (Å²) in [6, 6.07) is 7.45. The second-order valence-electron chi connectivity index (χ2n) is 5.79. The van der Waals surface area contributed by atoms with Gasteiger partial charge in [-0.15, -0.1) is 0 Å². The van der Waals surface area contributed by atoms with E-state index < -0.39 is 0 Å². The van der Waals surface area contributed by atoms with Gasteiger partial charge in [-0.25, -0.2) is 0 Å². The molecule has 0 aromatic heterocycles. The maximum absolute atomic E-state index is 12.2. The second-order valence-corrected chi connectivity index (χ2v) is 6.20. The molecule has 3 rings (SSSR count). The summed E-state index contributed by atoms with van der Waals surface area (Å²) in [6.07, 6.45) is 2.85.